The smallest absolute Gasteiger partial charge is 0.462 e. The van der Waals surface area contributed by atoms with Gasteiger partial charge in [0.05, 0.1) is 26.4 Å². The Bertz CT molecular complexity index is 1580. The molecule has 0 radical (unpaired) electrons. The molecule has 0 saturated carbocycles. The highest BCUT2D eigenvalue weighted by Crippen LogP contribution is 2.45. The van der Waals surface area contributed by atoms with Crippen LogP contribution >= 0.6 is 15.6 Å². The van der Waals surface area contributed by atoms with Crippen molar-refractivity contribution in [2.24, 2.45) is 5.92 Å². The summed E-state index contributed by atoms with van der Waals surface area (Å²) in [5.41, 5.74) is 0. The van der Waals surface area contributed by atoms with E-state index >= 15 is 0 Å². The Morgan fingerprint density at radius 2 is 0.568 bits per heavy atom. The molecule has 0 bridgehead atoms. The first-order chi connectivity index (χ1) is 39.0. The molecule has 17 nitrogen and oxygen atoms in total. The Kier molecular flexibility index (Phi) is 54.6. The fourth-order valence-electron chi connectivity index (χ4n) is 9.23. The number of esters is 4. The van der Waals surface area contributed by atoms with E-state index in [1.807, 2.05) is 0 Å². The molecule has 81 heavy (non-hydrogen) atoms. The van der Waals surface area contributed by atoms with Crippen molar-refractivity contribution >= 4 is 39.5 Å². The Balaban J connectivity index is 5.17. The van der Waals surface area contributed by atoms with Gasteiger partial charge in [-0.1, -0.05) is 259 Å². The van der Waals surface area contributed by atoms with Crippen molar-refractivity contribution < 1.29 is 80.2 Å². The van der Waals surface area contributed by atoms with Crippen LogP contribution in [0.3, 0.4) is 0 Å². The molecule has 5 atom stereocenters. The predicted molar refractivity (Wildman–Crippen MR) is 322 cm³/mol. The molecule has 0 amide bonds. The lowest BCUT2D eigenvalue weighted by atomic mass is 10.0. The topological polar surface area (TPSA) is 237 Å². The van der Waals surface area contributed by atoms with E-state index in [-0.39, 0.29) is 25.7 Å². The first-order valence-electron chi connectivity index (χ1n) is 32.6. The molecule has 0 aliphatic carbocycles. The second-order valence-corrected chi connectivity index (χ2v) is 25.8. The summed E-state index contributed by atoms with van der Waals surface area (Å²) in [5.74, 6) is -1.36. The van der Waals surface area contributed by atoms with E-state index in [9.17, 15) is 43.2 Å². The quantitative estimate of drug-likeness (QED) is 0.0222. The third-order valence-electron chi connectivity index (χ3n) is 14.3. The van der Waals surface area contributed by atoms with Gasteiger partial charge in [0, 0.05) is 25.7 Å². The maximum atomic E-state index is 13.0. The molecule has 0 aliphatic heterocycles. The average molecular weight is 1200 g/mol. The molecule has 0 aliphatic rings. The highest BCUT2D eigenvalue weighted by molar-refractivity contribution is 7.47. The molecule has 0 aromatic heterocycles. The molecule has 0 aromatic rings. The van der Waals surface area contributed by atoms with Gasteiger partial charge in [0.15, 0.2) is 12.2 Å². The van der Waals surface area contributed by atoms with Gasteiger partial charge in [-0.3, -0.25) is 37.3 Å². The van der Waals surface area contributed by atoms with Crippen LogP contribution in [0.25, 0.3) is 0 Å². The molecule has 0 rings (SSSR count). The highest BCUT2D eigenvalue weighted by atomic mass is 31.2. The number of aliphatic hydroxyl groups is 1. The van der Waals surface area contributed by atoms with E-state index < -0.39 is 97.5 Å². The Hall–Kier alpha value is -1.94. The monoisotopic (exact) mass is 1200 g/mol. The van der Waals surface area contributed by atoms with Crippen LogP contribution < -0.4 is 0 Å². The lowest BCUT2D eigenvalue weighted by Crippen LogP contribution is -2.30. The second kappa shape index (κ2) is 55.9. The van der Waals surface area contributed by atoms with E-state index in [4.69, 9.17) is 37.0 Å². The van der Waals surface area contributed by atoms with Crippen molar-refractivity contribution in [1.82, 2.24) is 0 Å². The van der Waals surface area contributed by atoms with Crippen LogP contribution in [0.15, 0.2) is 0 Å². The van der Waals surface area contributed by atoms with Crippen LogP contribution in [-0.2, 0) is 65.4 Å². The largest absolute Gasteiger partial charge is 0.472 e. The van der Waals surface area contributed by atoms with E-state index in [1.165, 1.54) is 109 Å². The Labute approximate surface area is 492 Å². The summed E-state index contributed by atoms with van der Waals surface area (Å²) in [6.45, 7) is 7.11. The summed E-state index contributed by atoms with van der Waals surface area (Å²) in [4.78, 5) is 71.9. The molecule has 480 valence electrons. The third kappa shape index (κ3) is 56.9. The number of phosphoric ester groups is 2. The molecular weight excluding hydrogens is 1080 g/mol. The SMILES string of the molecule is CCCCCCCCCCCCCC(=O)OC[C@H](COP(=O)(O)OC[C@@H](O)COP(=O)(O)OC[C@@H](COC(=O)CCCCCCCCC)OC(=O)CCCCCCCCC)OC(=O)CCCCCCCCCCCCCCCC(C)C. The van der Waals surface area contributed by atoms with Gasteiger partial charge in [-0.15, -0.1) is 0 Å². The van der Waals surface area contributed by atoms with Crippen molar-refractivity contribution in [3.63, 3.8) is 0 Å². The van der Waals surface area contributed by atoms with E-state index in [2.05, 4.69) is 34.6 Å². The zero-order chi connectivity index (χ0) is 59.9. The number of phosphoric acid groups is 2. The summed E-state index contributed by atoms with van der Waals surface area (Å²) in [5, 5.41) is 10.5. The summed E-state index contributed by atoms with van der Waals surface area (Å²) >= 11 is 0. The van der Waals surface area contributed by atoms with E-state index in [0.717, 1.165) is 121 Å². The minimum atomic E-state index is -4.94. The van der Waals surface area contributed by atoms with Crippen LogP contribution in [0.1, 0.15) is 311 Å². The first kappa shape index (κ1) is 79.1. The van der Waals surface area contributed by atoms with Crippen LogP contribution in [0.5, 0.6) is 0 Å². The van der Waals surface area contributed by atoms with Gasteiger partial charge in [-0.05, 0) is 31.6 Å². The number of carbonyl (C=O) groups excluding carboxylic acids is 4. The molecule has 0 aromatic carbocycles. The zero-order valence-electron chi connectivity index (χ0n) is 51.9. The maximum absolute atomic E-state index is 13.0. The minimum absolute atomic E-state index is 0.103. The fraction of sp³-hybridized carbons (Fsp3) is 0.935. The number of unbranched alkanes of at least 4 members (excludes halogenated alkanes) is 34. The fourth-order valence-corrected chi connectivity index (χ4v) is 10.8. The zero-order valence-corrected chi connectivity index (χ0v) is 53.7. The third-order valence-corrected chi connectivity index (χ3v) is 16.2. The van der Waals surface area contributed by atoms with Crippen LogP contribution in [0.4, 0.5) is 0 Å². The molecular formula is C62H120O17P2. The predicted octanol–water partition coefficient (Wildman–Crippen LogP) is 17.0. The first-order valence-corrected chi connectivity index (χ1v) is 35.6. The van der Waals surface area contributed by atoms with Crippen LogP contribution in [0, 0.1) is 5.92 Å². The van der Waals surface area contributed by atoms with Crippen molar-refractivity contribution in [1.29, 1.82) is 0 Å². The standard InChI is InChI=1S/C62H120O17P2/c1-6-9-12-15-18-19-23-27-32-36-41-46-60(65)73-52-58(79-62(67)48-43-38-33-28-25-22-20-21-24-26-31-34-39-44-55(4)5)54-77-81(70,71)75-50-56(63)49-74-80(68,69)76-53-57(78-61(66)47-42-37-30-17-14-11-8-3)51-72-59(64)45-40-35-29-16-13-10-7-2/h55-58,63H,6-54H2,1-5H3,(H,68,69)(H,70,71)/t56-,57+,58+/m0/s1. The summed E-state index contributed by atoms with van der Waals surface area (Å²) in [7, 11) is -9.87. The molecule has 0 saturated heterocycles. The van der Waals surface area contributed by atoms with Crippen molar-refractivity contribution in [3.05, 3.63) is 0 Å². The lowest BCUT2D eigenvalue weighted by molar-refractivity contribution is -0.161. The number of aliphatic hydroxyl groups excluding tert-OH is 1. The Morgan fingerprint density at radius 1 is 0.333 bits per heavy atom. The molecule has 0 heterocycles. The van der Waals surface area contributed by atoms with Gasteiger partial charge >= 0.3 is 39.5 Å². The maximum Gasteiger partial charge on any atom is 0.472 e. The van der Waals surface area contributed by atoms with Gasteiger partial charge in [-0.2, -0.15) is 0 Å². The molecule has 0 spiro atoms. The molecule has 0 fully saturated rings. The van der Waals surface area contributed by atoms with Gasteiger partial charge in [0.1, 0.15) is 19.3 Å². The Morgan fingerprint density at radius 3 is 0.840 bits per heavy atom. The van der Waals surface area contributed by atoms with Gasteiger partial charge in [0.25, 0.3) is 0 Å². The number of rotatable bonds is 62. The molecule has 3 N–H and O–H groups in total. The number of hydrogen-bond donors (Lipinski definition) is 3. The summed E-state index contributed by atoms with van der Waals surface area (Å²) < 4.78 is 67.7. The summed E-state index contributed by atoms with van der Waals surface area (Å²) in [6, 6.07) is 0. The van der Waals surface area contributed by atoms with E-state index in [1.54, 1.807) is 0 Å². The van der Waals surface area contributed by atoms with E-state index in [0.29, 0.717) is 25.7 Å². The minimum Gasteiger partial charge on any atom is -0.462 e. The van der Waals surface area contributed by atoms with Gasteiger partial charge in [-0.25, -0.2) is 9.13 Å². The average Bonchev–Trinajstić information content (AvgIpc) is 3.43. The van der Waals surface area contributed by atoms with Crippen molar-refractivity contribution in [2.75, 3.05) is 39.6 Å². The lowest BCUT2D eigenvalue weighted by Gasteiger charge is -2.21. The number of hydrogen-bond acceptors (Lipinski definition) is 15. The van der Waals surface area contributed by atoms with Gasteiger partial charge < -0.3 is 33.8 Å². The van der Waals surface area contributed by atoms with Crippen LogP contribution in [0.2, 0.25) is 0 Å². The normalized spacial score (nSPS) is 14.3. The van der Waals surface area contributed by atoms with Crippen molar-refractivity contribution in [2.45, 2.75) is 329 Å². The molecule has 2 unspecified atom stereocenters. The highest BCUT2D eigenvalue weighted by Gasteiger charge is 2.30. The van der Waals surface area contributed by atoms with Gasteiger partial charge in [0.2, 0.25) is 0 Å². The summed E-state index contributed by atoms with van der Waals surface area (Å²) in [6.07, 6.45) is 39.1. The van der Waals surface area contributed by atoms with Crippen molar-refractivity contribution in [3.8, 4) is 0 Å². The molecule has 19 heteroatoms. The van der Waals surface area contributed by atoms with Crippen LogP contribution in [-0.4, -0.2) is 96.7 Å². The number of carbonyl (C=O) groups is 4. The number of ether oxygens (including phenoxy) is 4. The second-order valence-electron chi connectivity index (χ2n) is 22.9.